The zero-order chi connectivity index (χ0) is 6.95. The van der Waals surface area contributed by atoms with Gasteiger partial charge in [0, 0.05) is 6.54 Å². The minimum atomic E-state index is 0. The van der Waals surface area contributed by atoms with Gasteiger partial charge in [-0.3, -0.25) is 0 Å². The molecular formula is C7H18BrNO. The first-order chi connectivity index (χ1) is 4.41. The van der Waals surface area contributed by atoms with Gasteiger partial charge in [-0.25, -0.2) is 0 Å². The Morgan fingerprint density at radius 2 is 1.90 bits per heavy atom. The summed E-state index contributed by atoms with van der Waals surface area (Å²) in [6, 6.07) is 0. The van der Waals surface area contributed by atoms with E-state index in [4.69, 9.17) is 5.11 Å². The molecule has 0 aromatic heterocycles. The molecule has 0 aliphatic carbocycles. The fraction of sp³-hybridized carbons (Fsp3) is 1.00. The van der Waals surface area contributed by atoms with Crippen molar-refractivity contribution in [2.75, 3.05) is 19.7 Å². The number of hydrogen-bond acceptors (Lipinski definition) is 2. The summed E-state index contributed by atoms with van der Waals surface area (Å²) in [6.07, 6.45) is 3.79. The highest BCUT2D eigenvalue weighted by Gasteiger charge is 1.84. The SMILES string of the molecule is Br.CCCCCNCCO. The molecule has 0 bridgehead atoms. The van der Waals surface area contributed by atoms with E-state index in [9.17, 15) is 0 Å². The van der Waals surface area contributed by atoms with Gasteiger partial charge in [-0.15, -0.1) is 17.0 Å². The second-order valence-electron chi connectivity index (χ2n) is 2.18. The zero-order valence-electron chi connectivity index (χ0n) is 6.60. The van der Waals surface area contributed by atoms with Crippen molar-refractivity contribution in [1.29, 1.82) is 0 Å². The van der Waals surface area contributed by atoms with Crippen molar-refractivity contribution in [3.63, 3.8) is 0 Å². The van der Waals surface area contributed by atoms with E-state index >= 15 is 0 Å². The van der Waals surface area contributed by atoms with E-state index < -0.39 is 0 Å². The molecule has 64 valence electrons. The number of rotatable bonds is 6. The second-order valence-corrected chi connectivity index (χ2v) is 2.18. The minimum Gasteiger partial charge on any atom is -0.395 e. The van der Waals surface area contributed by atoms with Crippen LogP contribution < -0.4 is 5.32 Å². The van der Waals surface area contributed by atoms with Crippen LogP contribution in [0.25, 0.3) is 0 Å². The van der Waals surface area contributed by atoms with Crippen LogP contribution in [0.4, 0.5) is 0 Å². The van der Waals surface area contributed by atoms with Gasteiger partial charge in [-0.1, -0.05) is 19.8 Å². The predicted molar refractivity (Wildman–Crippen MR) is 49.8 cm³/mol. The van der Waals surface area contributed by atoms with Gasteiger partial charge in [0.1, 0.15) is 0 Å². The maximum atomic E-state index is 8.36. The van der Waals surface area contributed by atoms with E-state index in [1.165, 1.54) is 19.3 Å². The van der Waals surface area contributed by atoms with Crippen molar-refractivity contribution < 1.29 is 5.11 Å². The molecule has 0 saturated heterocycles. The molecule has 0 aliphatic heterocycles. The van der Waals surface area contributed by atoms with Crippen LogP contribution in [0.3, 0.4) is 0 Å². The summed E-state index contributed by atoms with van der Waals surface area (Å²) < 4.78 is 0. The maximum Gasteiger partial charge on any atom is 0.0555 e. The van der Waals surface area contributed by atoms with Crippen molar-refractivity contribution in [2.24, 2.45) is 0 Å². The van der Waals surface area contributed by atoms with Gasteiger partial charge in [-0.05, 0) is 13.0 Å². The summed E-state index contributed by atoms with van der Waals surface area (Å²) >= 11 is 0. The quantitative estimate of drug-likeness (QED) is 0.651. The number of aliphatic hydroxyl groups excluding tert-OH is 1. The molecule has 10 heavy (non-hydrogen) atoms. The van der Waals surface area contributed by atoms with Crippen LogP contribution in [0.2, 0.25) is 0 Å². The number of aliphatic hydroxyl groups is 1. The standard InChI is InChI=1S/C7H17NO.BrH/c1-2-3-4-5-8-6-7-9;/h8-9H,2-7H2,1H3;1H. The maximum absolute atomic E-state index is 8.36. The molecule has 0 fully saturated rings. The summed E-state index contributed by atoms with van der Waals surface area (Å²) in [5.74, 6) is 0. The molecule has 0 aromatic rings. The summed E-state index contributed by atoms with van der Waals surface area (Å²) in [5, 5.41) is 11.5. The molecule has 0 heterocycles. The van der Waals surface area contributed by atoms with Crippen molar-refractivity contribution in [2.45, 2.75) is 26.2 Å². The number of hydrogen-bond donors (Lipinski definition) is 2. The monoisotopic (exact) mass is 211 g/mol. The van der Waals surface area contributed by atoms with Crippen molar-refractivity contribution in [1.82, 2.24) is 5.32 Å². The highest BCUT2D eigenvalue weighted by Crippen LogP contribution is 1.90. The largest absolute Gasteiger partial charge is 0.395 e. The van der Waals surface area contributed by atoms with Crippen LogP contribution in [0.1, 0.15) is 26.2 Å². The average Bonchev–Trinajstić information content (AvgIpc) is 1.89. The second kappa shape index (κ2) is 12.1. The lowest BCUT2D eigenvalue weighted by atomic mass is 10.2. The number of unbranched alkanes of at least 4 members (excludes halogenated alkanes) is 2. The van der Waals surface area contributed by atoms with Gasteiger partial charge in [-0.2, -0.15) is 0 Å². The molecule has 3 heteroatoms. The molecule has 0 rings (SSSR count). The average molecular weight is 212 g/mol. The summed E-state index contributed by atoms with van der Waals surface area (Å²) in [7, 11) is 0. The summed E-state index contributed by atoms with van der Waals surface area (Å²) in [5.41, 5.74) is 0. The summed E-state index contributed by atoms with van der Waals surface area (Å²) in [6.45, 7) is 4.23. The van der Waals surface area contributed by atoms with Gasteiger partial charge in [0.05, 0.1) is 6.61 Å². The van der Waals surface area contributed by atoms with Gasteiger partial charge in [0.15, 0.2) is 0 Å². The lowest BCUT2D eigenvalue weighted by Gasteiger charge is -1.99. The third-order valence-corrected chi connectivity index (χ3v) is 1.25. The molecule has 2 nitrogen and oxygen atoms in total. The molecule has 0 aliphatic rings. The Kier molecular flexibility index (Phi) is 15.8. The van der Waals surface area contributed by atoms with E-state index in [2.05, 4.69) is 12.2 Å². The summed E-state index contributed by atoms with van der Waals surface area (Å²) in [4.78, 5) is 0. The fourth-order valence-corrected chi connectivity index (χ4v) is 0.704. The van der Waals surface area contributed by atoms with Gasteiger partial charge < -0.3 is 10.4 Å². The first-order valence-corrected chi connectivity index (χ1v) is 3.73. The smallest absolute Gasteiger partial charge is 0.0555 e. The van der Waals surface area contributed by atoms with Gasteiger partial charge >= 0.3 is 0 Å². The first kappa shape index (κ1) is 13.0. The molecule has 0 atom stereocenters. The fourth-order valence-electron chi connectivity index (χ4n) is 0.704. The molecule has 2 N–H and O–H groups in total. The molecular weight excluding hydrogens is 194 g/mol. The zero-order valence-corrected chi connectivity index (χ0v) is 8.31. The molecule has 0 amide bonds. The van der Waals surface area contributed by atoms with E-state index in [-0.39, 0.29) is 23.6 Å². The Bertz CT molecular complexity index is 46.9. The Morgan fingerprint density at radius 3 is 2.40 bits per heavy atom. The van der Waals surface area contributed by atoms with Crippen molar-refractivity contribution in [3.8, 4) is 0 Å². The first-order valence-electron chi connectivity index (χ1n) is 3.73. The molecule has 0 aromatic carbocycles. The van der Waals surface area contributed by atoms with E-state index in [0.29, 0.717) is 0 Å². The molecule has 0 radical (unpaired) electrons. The van der Waals surface area contributed by atoms with Crippen molar-refractivity contribution >= 4 is 17.0 Å². The third kappa shape index (κ3) is 11.2. The van der Waals surface area contributed by atoms with Crippen LogP contribution in [0, 0.1) is 0 Å². The number of halogens is 1. The Labute approximate surface area is 73.8 Å². The van der Waals surface area contributed by atoms with Crippen LogP contribution in [-0.2, 0) is 0 Å². The number of nitrogens with one attached hydrogen (secondary N) is 1. The Morgan fingerprint density at radius 1 is 1.20 bits per heavy atom. The minimum absolute atomic E-state index is 0. The Balaban J connectivity index is 0. The van der Waals surface area contributed by atoms with Crippen LogP contribution in [0.15, 0.2) is 0 Å². The van der Waals surface area contributed by atoms with E-state index in [1.54, 1.807) is 0 Å². The van der Waals surface area contributed by atoms with Crippen molar-refractivity contribution in [3.05, 3.63) is 0 Å². The van der Waals surface area contributed by atoms with E-state index in [0.717, 1.165) is 13.1 Å². The van der Waals surface area contributed by atoms with Crippen LogP contribution >= 0.6 is 17.0 Å². The highest BCUT2D eigenvalue weighted by molar-refractivity contribution is 8.93. The third-order valence-electron chi connectivity index (χ3n) is 1.25. The lowest BCUT2D eigenvalue weighted by Crippen LogP contribution is -2.19. The van der Waals surface area contributed by atoms with Gasteiger partial charge in [0.2, 0.25) is 0 Å². The molecule has 0 saturated carbocycles. The van der Waals surface area contributed by atoms with Gasteiger partial charge in [0.25, 0.3) is 0 Å². The highest BCUT2D eigenvalue weighted by atomic mass is 79.9. The molecule has 0 unspecified atom stereocenters. The van der Waals surface area contributed by atoms with Crippen LogP contribution in [-0.4, -0.2) is 24.8 Å². The normalized spacial score (nSPS) is 9.00. The predicted octanol–water partition coefficient (Wildman–Crippen LogP) is 1.34. The topological polar surface area (TPSA) is 32.3 Å². The van der Waals surface area contributed by atoms with Crippen LogP contribution in [0.5, 0.6) is 0 Å². The lowest BCUT2D eigenvalue weighted by molar-refractivity contribution is 0.292. The Hall–Kier alpha value is 0.400. The van der Waals surface area contributed by atoms with E-state index in [1.807, 2.05) is 0 Å². The molecule has 0 spiro atoms.